The molecule has 0 heterocycles. The summed E-state index contributed by atoms with van der Waals surface area (Å²) in [5, 5.41) is 15.0. The number of rotatable bonds is 2. The summed E-state index contributed by atoms with van der Waals surface area (Å²) in [6, 6.07) is 0. The van der Waals surface area contributed by atoms with Gasteiger partial charge in [0.15, 0.2) is 0 Å². The van der Waals surface area contributed by atoms with E-state index in [0.717, 1.165) is 37.1 Å². The van der Waals surface area contributed by atoms with E-state index in [2.05, 4.69) is 20.4 Å². The molecule has 8 nitrogen and oxygen atoms in total. The van der Waals surface area contributed by atoms with Crippen LogP contribution in [0.1, 0.15) is 25.7 Å². The van der Waals surface area contributed by atoms with Crippen LogP contribution in [0.2, 0.25) is 0 Å². The van der Waals surface area contributed by atoms with E-state index in [1.54, 1.807) is 0 Å². The van der Waals surface area contributed by atoms with Crippen LogP contribution in [0.3, 0.4) is 0 Å². The molecule has 0 aliphatic heterocycles. The maximum absolute atomic E-state index is 5.19. The largest absolute Gasteiger partial charge is 0.369 e. The lowest BCUT2D eigenvalue weighted by molar-refractivity contribution is 0.772. The molecule has 0 radical (unpaired) electrons. The Bertz CT molecular complexity index is 320. The summed E-state index contributed by atoms with van der Waals surface area (Å²) in [4.78, 5) is 0. The van der Waals surface area contributed by atoms with Gasteiger partial charge in [0, 0.05) is 0 Å². The fourth-order valence-corrected chi connectivity index (χ4v) is 1.33. The minimum absolute atomic E-state index is 0.0840. The first-order valence-electron chi connectivity index (χ1n) is 4.91. The third-order valence-corrected chi connectivity index (χ3v) is 1.98. The van der Waals surface area contributed by atoms with Gasteiger partial charge in [-0.15, -0.1) is 10.2 Å². The second kappa shape index (κ2) is 5.69. The van der Waals surface area contributed by atoms with E-state index < -0.39 is 0 Å². The Morgan fingerprint density at radius 1 is 0.750 bits per heavy atom. The Kier molecular flexibility index (Phi) is 4.25. The van der Waals surface area contributed by atoms with E-state index in [1.807, 2.05) is 0 Å². The van der Waals surface area contributed by atoms with Crippen molar-refractivity contribution >= 4 is 23.3 Å². The number of hydrogen-bond acceptors (Lipinski definition) is 4. The van der Waals surface area contributed by atoms with Gasteiger partial charge < -0.3 is 22.9 Å². The zero-order valence-corrected chi connectivity index (χ0v) is 8.93. The molecule has 0 spiro atoms. The first-order valence-corrected chi connectivity index (χ1v) is 4.91. The zero-order chi connectivity index (χ0) is 12.0. The van der Waals surface area contributed by atoms with Crippen molar-refractivity contribution in [2.45, 2.75) is 25.7 Å². The molecule has 1 aliphatic carbocycles. The maximum atomic E-state index is 5.19. The van der Waals surface area contributed by atoms with Crippen molar-refractivity contribution in [3.63, 3.8) is 0 Å². The first-order chi connectivity index (χ1) is 7.59. The lowest BCUT2D eigenvalue weighted by Crippen LogP contribution is -2.24. The minimum Gasteiger partial charge on any atom is -0.369 e. The molecule has 1 fully saturated rings. The Labute approximate surface area is 93.2 Å². The second-order valence-corrected chi connectivity index (χ2v) is 3.35. The Hall–Kier alpha value is -2.12. The van der Waals surface area contributed by atoms with E-state index in [0.29, 0.717) is 0 Å². The van der Waals surface area contributed by atoms with Gasteiger partial charge in [-0.2, -0.15) is 10.2 Å². The highest BCUT2D eigenvalue weighted by Crippen LogP contribution is 2.13. The topological polar surface area (TPSA) is 154 Å². The zero-order valence-electron chi connectivity index (χ0n) is 8.93. The normalized spacial score (nSPS) is 20.8. The molecule has 0 aromatic rings. The maximum Gasteiger partial charge on any atom is 0.211 e. The number of nitrogens with zero attached hydrogens (tertiary/aromatic N) is 4. The van der Waals surface area contributed by atoms with Crippen molar-refractivity contribution in [2.75, 3.05) is 0 Å². The third-order valence-electron chi connectivity index (χ3n) is 1.98. The molecule has 0 saturated heterocycles. The Morgan fingerprint density at radius 3 is 1.44 bits per heavy atom. The van der Waals surface area contributed by atoms with Gasteiger partial charge in [-0.1, -0.05) is 0 Å². The minimum atomic E-state index is -0.0840. The molecule has 1 saturated carbocycles. The lowest BCUT2D eigenvalue weighted by Gasteiger charge is -2.12. The van der Waals surface area contributed by atoms with Crippen LogP contribution in [0.4, 0.5) is 0 Å². The molecule has 1 rings (SSSR count). The van der Waals surface area contributed by atoms with E-state index in [4.69, 9.17) is 22.9 Å². The standard InChI is InChI=1S/C8H16N8/c9-7(10)15-13-5-3-1-2-4-6(5)14-16-8(11)12/h1-4H2,(H4,9,10,15)(H4,11,12,16)/b13-5+,14-6+. The van der Waals surface area contributed by atoms with Crippen LogP contribution in [0.25, 0.3) is 0 Å². The fraction of sp³-hybridized carbons (Fsp3) is 0.500. The average molecular weight is 224 g/mol. The van der Waals surface area contributed by atoms with Crippen molar-refractivity contribution in [1.29, 1.82) is 0 Å². The molecular formula is C8H16N8. The van der Waals surface area contributed by atoms with Crippen molar-refractivity contribution in [2.24, 2.45) is 43.3 Å². The van der Waals surface area contributed by atoms with Gasteiger partial charge in [-0.05, 0) is 25.7 Å². The number of guanidine groups is 2. The molecule has 0 unspecified atom stereocenters. The van der Waals surface area contributed by atoms with Crippen molar-refractivity contribution in [1.82, 2.24) is 0 Å². The lowest BCUT2D eigenvalue weighted by atomic mass is 9.96. The van der Waals surface area contributed by atoms with Gasteiger partial charge in [0.25, 0.3) is 0 Å². The number of hydrogen-bond donors (Lipinski definition) is 4. The summed E-state index contributed by atoms with van der Waals surface area (Å²) in [5.41, 5.74) is 22.2. The van der Waals surface area contributed by atoms with Crippen molar-refractivity contribution in [3.05, 3.63) is 0 Å². The van der Waals surface area contributed by atoms with Crippen LogP contribution < -0.4 is 22.9 Å². The molecule has 8 N–H and O–H groups in total. The second-order valence-electron chi connectivity index (χ2n) is 3.35. The predicted molar refractivity (Wildman–Crippen MR) is 65.0 cm³/mol. The monoisotopic (exact) mass is 224 g/mol. The Morgan fingerprint density at radius 2 is 1.12 bits per heavy atom. The highest BCUT2D eigenvalue weighted by atomic mass is 15.3. The molecule has 0 bridgehead atoms. The number of nitrogens with two attached hydrogens (primary N) is 4. The predicted octanol–water partition coefficient (Wildman–Crippen LogP) is -1.18. The molecule has 8 heteroatoms. The van der Waals surface area contributed by atoms with Gasteiger partial charge in [0.2, 0.25) is 11.9 Å². The smallest absolute Gasteiger partial charge is 0.211 e. The van der Waals surface area contributed by atoms with Crippen LogP contribution >= 0.6 is 0 Å². The van der Waals surface area contributed by atoms with E-state index >= 15 is 0 Å². The average Bonchev–Trinajstić information content (AvgIpc) is 2.24. The molecule has 16 heavy (non-hydrogen) atoms. The van der Waals surface area contributed by atoms with E-state index in [1.165, 1.54) is 0 Å². The molecule has 0 amide bonds. The van der Waals surface area contributed by atoms with Gasteiger partial charge in [0.1, 0.15) is 0 Å². The van der Waals surface area contributed by atoms with Crippen LogP contribution in [0, 0.1) is 0 Å². The molecule has 0 aromatic heterocycles. The van der Waals surface area contributed by atoms with Gasteiger partial charge in [-0.3, -0.25) is 0 Å². The molecule has 0 atom stereocenters. The molecular weight excluding hydrogens is 208 g/mol. The quantitative estimate of drug-likeness (QED) is 0.265. The molecule has 1 aliphatic rings. The van der Waals surface area contributed by atoms with Crippen LogP contribution in [-0.4, -0.2) is 23.3 Å². The summed E-state index contributed by atoms with van der Waals surface area (Å²) in [7, 11) is 0. The van der Waals surface area contributed by atoms with Gasteiger partial charge >= 0.3 is 0 Å². The third kappa shape index (κ3) is 3.95. The summed E-state index contributed by atoms with van der Waals surface area (Å²) < 4.78 is 0. The van der Waals surface area contributed by atoms with Crippen LogP contribution in [-0.2, 0) is 0 Å². The van der Waals surface area contributed by atoms with Crippen LogP contribution in [0.15, 0.2) is 20.4 Å². The van der Waals surface area contributed by atoms with Gasteiger partial charge in [-0.25, -0.2) is 0 Å². The molecule has 88 valence electrons. The van der Waals surface area contributed by atoms with E-state index in [-0.39, 0.29) is 11.9 Å². The fourth-order valence-electron chi connectivity index (χ4n) is 1.33. The Balaban J connectivity index is 2.87. The van der Waals surface area contributed by atoms with E-state index in [9.17, 15) is 0 Å². The first kappa shape index (κ1) is 12.0. The van der Waals surface area contributed by atoms with Crippen molar-refractivity contribution < 1.29 is 0 Å². The van der Waals surface area contributed by atoms with Crippen molar-refractivity contribution in [3.8, 4) is 0 Å². The summed E-state index contributed by atoms with van der Waals surface area (Å²) >= 11 is 0. The summed E-state index contributed by atoms with van der Waals surface area (Å²) in [5.74, 6) is -0.168. The molecule has 0 aromatic carbocycles. The summed E-state index contributed by atoms with van der Waals surface area (Å²) in [6.45, 7) is 0. The SMILES string of the molecule is NC(N)=N/N=C1\CCCC\C1=N/N=C(N)N. The van der Waals surface area contributed by atoms with Gasteiger partial charge in [0.05, 0.1) is 11.4 Å². The summed E-state index contributed by atoms with van der Waals surface area (Å²) in [6.07, 6.45) is 3.60. The highest BCUT2D eigenvalue weighted by Gasteiger charge is 2.15. The van der Waals surface area contributed by atoms with Crippen LogP contribution in [0.5, 0.6) is 0 Å². The highest BCUT2D eigenvalue weighted by molar-refractivity contribution is 6.42.